The maximum Gasteiger partial charge on any atom is 0.321 e. The number of hydrogen-bond acceptors (Lipinski definition) is 3. The summed E-state index contributed by atoms with van der Waals surface area (Å²) in [6.45, 7) is 2.64. The molecule has 0 radical (unpaired) electrons. The standard InChI is InChI=1S/C20H25N3O3/c1-16(24)23(3)18-12-10-17(11-13-18)21-20(25)22(2)14-7-15-26-19-8-5-4-6-9-19/h4-6,8-13H,7,14-15H2,1-3H3,(H,21,25). The molecule has 0 fully saturated rings. The molecule has 6 nitrogen and oxygen atoms in total. The molecule has 0 unspecified atom stereocenters. The van der Waals surface area contributed by atoms with E-state index in [0.29, 0.717) is 18.8 Å². The average molecular weight is 355 g/mol. The molecule has 6 heteroatoms. The van der Waals surface area contributed by atoms with Gasteiger partial charge in [-0.05, 0) is 42.8 Å². The molecular weight excluding hydrogens is 330 g/mol. The van der Waals surface area contributed by atoms with E-state index in [9.17, 15) is 9.59 Å². The summed E-state index contributed by atoms with van der Waals surface area (Å²) in [6.07, 6.45) is 0.737. The quantitative estimate of drug-likeness (QED) is 0.772. The summed E-state index contributed by atoms with van der Waals surface area (Å²) in [5.41, 5.74) is 1.46. The van der Waals surface area contributed by atoms with Crippen LogP contribution >= 0.6 is 0 Å². The fourth-order valence-electron chi connectivity index (χ4n) is 2.28. The first-order chi connectivity index (χ1) is 12.5. The third-order valence-corrected chi connectivity index (χ3v) is 3.97. The van der Waals surface area contributed by atoms with Gasteiger partial charge in [0, 0.05) is 38.9 Å². The van der Waals surface area contributed by atoms with E-state index in [1.807, 2.05) is 30.3 Å². The molecule has 0 aromatic heterocycles. The van der Waals surface area contributed by atoms with E-state index in [1.165, 1.54) is 6.92 Å². The summed E-state index contributed by atoms with van der Waals surface area (Å²) < 4.78 is 5.62. The van der Waals surface area contributed by atoms with Crippen LogP contribution in [0.1, 0.15) is 13.3 Å². The summed E-state index contributed by atoms with van der Waals surface area (Å²) >= 11 is 0. The average Bonchev–Trinajstić information content (AvgIpc) is 2.65. The first-order valence-electron chi connectivity index (χ1n) is 8.51. The van der Waals surface area contributed by atoms with Crippen LogP contribution < -0.4 is 15.0 Å². The molecular formula is C20H25N3O3. The lowest BCUT2D eigenvalue weighted by Gasteiger charge is -2.19. The maximum absolute atomic E-state index is 12.2. The van der Waals surface area contributed by atoms with E-state index in [0.717, 1.165) is 17.9 Å². The SMILES string of the molecule is CC(=O)N(C)c1ccc(NC(=O)N(C)CCCOc2ccccc2)cc1. The molecule has 2 rings (SSSR count). The van der Waals surface area contributed by atoms with Gasteiger partial charge in [0.05, 0.1) is 6.61 Å². The number of carbonyl (C=O) groups is 2. The molecule has 2 aromatic carbocycles. The van der Waals surface area contributed by atoms with Crippen molar-refractivity contribution in [3.8, 4) is 5.75 Å². The van der Waals surface area contributed by atoms with Gasteiger partial charge in [-0.2, -0.15) is 0 Å². The molecule has 0 aliphatic rings. The van der Waals surface area contributed by atoms with Gasteiger partial charge in [0.1, 0.15) is 5.75 Å². The van der Waals surface area contributed by atoms with Gasteiger partial charge in [-0.1, -0.05) is 18.2 Å². The van der Waals surface area contributed by atoms with Crippen LogP contribution in [0.15, 0.2) is 54.6 Å². The van der Waals surface area contributed by atoms with Crippen molar-refractivity contribution in [2.24, 2.45) is 0 Å². The minimum absolute atomic E-state index is 0.0424. The predicted molar refractivity (Wildman–Crippen MR) is 104 cm³/mol. The van der Waals surface area contributed by atoms with Crippen molar-refractivity contribution in [1.82, 2.24) is 4.90 Å². The van der Waals surface area contributed by atoms with Crippen LogP contribution in [0.4, 0.5) is 16.2 Å². The molecule has 0 aliphatic carbocycles. The second-order valence-corrected chi connectivity index (χ2v) is 5.99. The minimum atomic E-state index is -0.183. The number of nitrogens with zero attached hydrogens (tertiary/aromatic N) is 2. The Bertz CT molecular complexity index is 717. The normalized spacial score (nSPS) is 10.1. The zero-order valence-corrected chi connectivity index (χ0v) is 15.4. The summed E-state index contributed by atoms with van der Waals surface area (Å²) in [5, 5.41) is 2.84. The number of ether oxygens (including phenoxy) is 1. The number of hydrogen-bond donors (Lipinski definition) is 1. The zero-order chi connectivity index (χ0) is 18.9. The van der Waals surface area contributed by atoms with Crippen LogP contribution in [0.25, 0.3) is 0 Å². The molecule has 3 amide bonds. The van der Waals surface area contributed by atoms with Gasteiger partial charge in [-0.25, -0.2) is 4.79 Å². The van der Waals surface area contributed by atoms with Crippen molar-refractivity contribution in [2.75, 3.05) is 37.5 Å². The van der Waals surface area contributed by atoms with Crippen molar-refractivity contribution in [3.05, 3.63) is 54.6 Å². The first kappa shape index (κ1) is 19.3. The summed E-state index contributed by atoms with van der Waals surface area (Å²) in [6, 6.07) is 16.6. The highest BCUT2D eigenvalue weighted by molar-refractivity contribution is 5.92. The van der Waals surface area contributed by atoms with Crippen LogP contribution in [-0.2, 0) is 4.79 Å². The van der Waals surface area contributed by atoms with Crippen molar-refractivity contribution < 1.29 is 14.3 Å². The highest BCUT2D eigenvalue weighted by Crippen LogP contribution is 2.17. The smallest absolute Gasteiger partial charge is 0.321 e. The lowest BCUT2D eigenvalue weighted by atomic mass is 10.2. The molecule has 0 bridgehead atoms. The van der Waals surface area contributed by atoms with Gasteiger partial charge in [0.2, 0.25) is 5.91 Å². The minimum Gasteiger partial charge on any atom is -0.494 e. The van der Waals surface area contributed by atoms with Crippen molar-refractivity contribution in [3.63, 3.8) is 0 Å². The number of anilines is 2. The number of benzene rings is 2. The Morgan fingerprint density at radius 3 is 2.27 bits per heavy atom. The fourth-order valence-corrected chi connectivity index (χ4v) is 2.28. The number of amides is 3. The largest absolute Gasteiger partial charge is 0.494 e. The van der Waals surface area contributed by atoms with E-state index >= 15 is 0 Å². The van der Waals surface area contributed by atoms with Gasteiger partial charge < -0.3 is 19.9 Å². The molecule has 2 aromatic rings. The fraction of sp³-hybridized carbons (Fsp3) is 0.300. The Morgan fingerprint density at radius 1 is 1.00 bits per heavy atom. The van der Waals surface area contributed by atoms with Crippen LogP contribution in [0.5, 0.6) is 5.75 Å². The van der Waals surface area contributed by atoms with Gasteiger partial charge in [-0.3, -0.25) is 4.79 Å². The number of carbonyl (C=O) groups excluding carboxylic acids is 2. The number of rotatable bonds is 7. The molecule has 138 valence electrons. The maximum atomic E-state index is 12.2. The van der Waals surface area contributed by atoms with E-state index in [2.05, 4.69) is 5.32 Å². The topological polar surface area (TPSA) is 61.9 Å². The number of nitrogens with one attached hydrogen (secondary N) is 1. The van der Waals surface area contributed by atoms with E-state index < -0.39 is 0 Å². The third-order valence-electron chi connectivity index (χ3n) is 3.97. The number of para-hydroxylation sites is 1. The summed E-state index contributed by atoms with van der Waals surface area (Å²) in [4.78, 5) is 26.7. The Balaban J connectivity index is 1.75. The predicted octanol–water partition coefficient (Wildman–Crippen LogP) is 3.60. The lowest BCUT2D eigenvalue weighted by molar-refractivity contribution is -0.116. The van der Waals surface area contributed by atoms with E-state index in [-0.39, 0.29) is 11.9 Å². The van der Waals surface area contributed by atoms with E-state index in [1.54, 1.807) is 48.2 Å². The second kappa shape index (κ2) is 9.46. The molecule has 1 N–H and O–H groups in total. The van der Waals surface area contributed by atoms with Crippen LogP contribution in [0.3, 0.4) is 0 Å². The van der Waals surface area contributed by atoms with Crippen molar-refractivity contribution in [1.29, 1.82) is 0 Å². The third kappa shape index (κ3) is 5.81. The lowest BCUT2D eigenvalue weighted by Crippen LogP contribution is -2.32. The molecule has 0 aliphatic heterocycles. The van der Waals surface area contributed by atoms with Gasteiger partial charge >= 0.3 is 6.03 Å². The van der Waals surface area contributed by atoms with Gasteiger partial charge in [-0.15, -0.1) is 0 Å². The zero-order valence-electron chi connectivity index (χ0n) is 15.4. The Labute approximate surface area is 154 Å². The molecule has 0 saturated carbocycles. The van der Waals surface area contributed by atoms with Crippen molar-refractivity contribution in [2.45, 2.75) is 13.3 Å². The second-order valence-electron chi connectivity index (χ2n) is 5.99. The van der Waals surface area contributed by atoms with Crippen LogP contribution in [0.2, 0.25) is 0 Å². The Kier molecular flexibility index (Phi) is 7.02. The monoisotopic (exact) mass is 355 g/mol. The summed E-state index contributed by atoms with van der Waals surface area (Å²) in [7, 11) is 3.46. The van der Waals surface area contributed by atoms with Crippen molar-refractivity contribution >= 4 is 23.3 Å². The van der Waals surface area contributed by atoms with Gasteiger partial charge in [0.15, 0.2) is 0 Å². The molecule has 0 spiro atoms. The van der Waals surface area contributed by atoms with Crippen LogP contribution in [-0.4, -0.2) is 44.1 Å². The molecule has 26 heavy (non-hydrogen) atoms. The highest BCUT2D eigenvalue weighted by Gasteiger charge is 2.10. The first-order valence-corrected chi connectivity index (χ1v) is 8.51. The van der Waals surface area contributed by atoms with Gasteiger partial charge in [0.25, 0.3) is 0 Å². The summed E-state index contributed by atoms with van der Waals surface area (Å²) in [5.74, 6) is 0.787. The molecule has 0 saturated heterocycles. The van der Waals surface area contributed by atoms with Crippen LogP contribution in [0, 0.1) is 0 Å². The Hall–Kier alpha value is -3.02. The molecule has 0 atom stereocenters. The molecule has 0 heterocycles. The van der Waals surface area contributed by atoms with E-state index in [4.69, 9.17) is 4.74 Å². The highest BCUT2D eigenvalue weighted by atomic mass is 16.5. The Morgan fingerprint density at radius 2 is 1.65 bits per heavy atom. The number of urea groups is 1.